The van der Waals surface area contributed by atoms with Gasteiger partial charge in [0.1, 0.15) is 6.10 Å². The van der Waals surface area contributed by atoms with E-state index >= 15 is 0 Å². The van der Waals surface area contributed by atoms with Crippen LogP contribution >= 0.6 is 11.3 Å². The van der Waals surface area contributed by atoms with Gasteiger partial charge in [0.15, 0.2) is 0 Å². The molecule has 0 aromatic carbocycles. The van der Waals surface area contributed by atoms with E-state index in [2.05, 4.69) is 0 Å². The molecular formula is C10H16N2O2S. The van der Waals surface area contributed by atoms with E-state index < -0.39 is 6.10 Å². The first kappa shape index (κ1) is 12.2. The van der Waals surface area contributed by atoms with Gasteiger partial charge >= 0.3 is 0 Å². The summed E-state index contributed by atoms with van der Waals surface area (Å²) >= 11 is 1.67. The van der Waals surface area contributed by atoms with E-state index in [9.17, 15) is 9.90 Å². The number of aliphatic hydroxyl groups is 1. The van der Waals surface area contributed by atoms with Crippen LogP contribution in [-0.4, -0.2) is 42.2 Å². The van der Waals surface area contributed by atoms with Crippen molar-refractivity contribution in [2.45, 2.75) is 12.5 Å². The molecule has 84 valence electrons. The van der Waals surface area contributed by atoms with E-state index in [-0.39, 0.29) is 12.5 Å². The molecule has 1 unspecified atom stereocenters. The number of aliphatic hydroxyl groups excluding tert-OH is 1. The largest absolute Gasteiger partial charge is 0.382 e. The Kier molecular flexibility index (Phi) is 4.74. The Morgan fingerprint density at radius 2 is 2.47 bits per heavy atom. The van der Waals surface area contributed by atoms with Gasteiger partial charge in [-0.05, 0) is 17.9 Å². The molecule has 0 aliphatic heterocycles. The van der Waals surface area contributed by atoms with Crippen molar-refractivity contribution in [1.29, 1.82) is 0 Å². The molecule has 0 aliphatic rings. The zero-order valence-corrected chi connectivity index (χ0v) is 9.54. The number of likely N-dealkylation sites (N-methyl/N-ethyl adjacent to an activating group) is 1. The molecule has 1 heterocycles. The molecule has 1 atom stereocenters. The lowest BCUT2D eigenvalue weighted by Gasteiger charge is -2.19. The summed E-state index contributed by atoms with van der Waals surface area (Å²) < 4.78 is 0. The van der Waals surface area contributed by atoms with E-state index in [1.54, 1.807) is 18.4 Å². The van der Waals surface area contributed by atoms with Crippen molar-refractivity contribution in [3.8, 4) is 0 Å². The van der Waals surface area contributed by atoms with Crippen LogP contribution in [0.15, 0.2) is 17.5 Å². The molecule has 5 heteroatoms. The van der Waals surface area contributed by atoms with Crippen molar-refractivity contribution >= 4 is 17.2 Å². The number of nitrogens with zero attached hydrogens (tertiary/aromatic N) is 1. The fraction of sp³-hybridized carbons (Fsp3) is 0.500. The standard InChI is InChI=1S/C10H16N2O2S/c1-12(10(14)9(13)7-11)5-4-8-3-2-6-15-8/h2-3,6,9,13H,4-5,7,11H2,1H3. The lowest BCUT2D eigenvalue weighted by Crippen LogP contribution is -2.41. The van der Waals surface area contributed by atoms with E-state index in [1.807, 2.05) is 17.5 Å². The molecule has 1 aromatic rings. The molecule has 1 amide bonds. The molecule has 0 bridgehead atoms. The molecule has 1 rings (SSSR count). The second kappa shape index (κ2) is 5.85. The van der Waals surface area contributed by atoms with E-state index in [0.717, 1.165) is 6.42 Å². The minimum absolute atomic E-state index is 0.0256. The smallest absolute Gasteiger partial charge is 0.252 e. The highest BCUT2D eigenvalue weighted by Crippen LogP contribution is 2.09. The van der Waals surface area contributed by atoms with Crippen molar-refractivity contribution < 1.29 is 9.90 Å². The Labute approximate surface area is 93.3 Å². The summed E-state index contributed by atoms with van der Waals surface area (Å²) in [6.07, 6.45) is -0.254. The van der Waals surface area contributed by atoms with Gasteiger partial charge in [-0.15, -0.1) is 11.3 Å². The maximum Gasteiger partial charge on any atom is 0.252 e. The summed E-state index contributed by atoms with van der Waals surface area (Å²) in [6.45, 7) is 0.582. The van der Waals surface area contributed by atoms with Gasteiger partial charge in [-0.25, -0.2) is 0 Å². The summed E-state index contributed by atoms with van der Waals surface area (Å²) in [4.78, 5) is 14.2. The third-order valence-electron chi connectivity index (χ3n) is 2.16. The summed E-state index contributed by atoms with van der Waals surface area (Å²) in [5.74, 6) is -0.311. The maximum atomic E-state index is 11.4. The molecule has 3 N–H and O–H groups in total. The first-order valence-electron chi connectivity index (χ1n) is 4.80. The molecule has 0 fully saturated rings. The highest BCUT2D eigenvalue weighted by atomic mass is 32.1. The van der Waals surface area contributed by atoms with E-state index in [1.165, 1.54) is 9.78 Å². The number of carbonyl (C=O) groups is 1. The average Bonchev–Trinajstić information content (AvgIpc) is 2.76. The van der Waals surface area contributed by atoms with Crippen molar-refractivity contribution in [3.05, 3.63) is 22.4 Å². The van der Waals surface area contributed by atoms with Crippen molar-refractivity contribution in [1.82, 2.24) is 4.90 Å². The summed E-state index contributed by atoms with van der Waals surface area (Å²) in [6, 6.07) is 4.01. The number of hydrogen-bond donors (Lipinski definition) is 2. The van der Waals surface area contributed by atoms with Gasteiger partial charge in [-0.2, -0.15) is 0 Å². The van der Waals surface area contributed by atoms with E-state index in [0.29, 0.717) is 6.54 Å². The maximum absolute atomic E-state index is 11.4. The Balaban J connectivity index is 2.35. The normalized spacial score (nSPS) is 12.5. The zero-order chi connectivity index (χ0) is 11.3. The molecule has 0 aliphatic carbocycles. The number of thiophene rings is 1. The topological polar surface area (TPSA) is 66.6 Å². The first-order valence-corrected chi connectivity index (χ1v) is 5.68. The number of nitrogens with two attached hydrogens (primary N) is 1. The summed E-state index contributed by atoms with van der Waals surface area (Å²) in [5.41, 5.74) is 5.21. The minimum atomic E-state index is -1.07. The lowest BCUT2D eigenvalue weighted by atomic mass is 10.3. The Morgan fingerprint density at radius 3 is 3.00 bits per heavy atom. The van der Waals surface area contributed by atoms with Gasteiger partial charge < -0.3 is 15.7 Å². The molecule has 1 aromatic heterocycles. The zero-order valence-electron chi connectivity index (χ0n) is 8.72. The fourth-order valence-electron chi connectivity index (χ4n) is 1.20. The molecule has 15 heavy (non-hydrogen) atoms. The monoisotopic (exact) mass is 228 g/mol. The number of rotatable bonds is 5. The van der Waals surface area contributed by atoms with Crippen LogP contribution in [0.2, 0.25) is 0 Å². The van der Waals surface area contributed by atoms with Crippen LogP contribution in [0.25, 0.3) is 0 Å². The minimum Gasteiger partial charge on any atom is -0.382 e. The van der Waals surface area contributed by atoms with Crippen LogP contribution in [-0.2, 0) is 11.2 Å². The first-order chi connectivity index (χ1) is 7.15. The molecule has 0 saturated heterocycles. The average molecular weight is 228 g/mol. The third-order valence-corrected chi connectivity index (χ3v) is 3.09. The van der Waals surface area contributed by atoms with Crippen molar-refractivity contribution in [2.75, 3.05) is 20.1 Å². The fourth-order valence-corrected chi connectivity index (χ4v) is 1.90. The van der Waals surface area contributed by atoms with Crippen LogP contribution in [0.4, 0.5) is 0 Å². The van der Waals surface area contributed by atoms with Crippen molar-refractivity contribution in [3.63, 3.8) is 0 Å². The SMILES string of the molecule is CN(CCc1cccs1)C(=O)C(O)CN. The quantitative estimate of drug-likeness (QED) is 0.749. The molecular weight excluding hydrogens is 212 g/mol. The number of carbonyl (C=O) groups excluding carboxylic acids is 1. The number of amides is 1. The van der Waals surface area contributed by atoms with Gasteiger partial charge in [0.25, 0.3) is 5.91 Å². The Hall–Kier alpha value is -0.910. The van der Waals surface area contributed by atoms with Crippen LogP contribution in [0.1, 0.15) is 4.88 Å². The van der Waals surface area contributed by atoms with E-state index in [4.69, 9.17) is 5.73 Å². The van der Waals surface area contributed by atoms with Crippen LogP contribution in [0.3, 0.4) is 0 Å². The third kappa shape index (κ3) is 3.62. The number of hydrogen-bond acceptors (Lipinski definition) is 4. The Bertz CT molecular complexity index is 300. The second-order valence-corrected chi connectivity index (χ2v) is 4.37. The highest BCUT2D eigenvalue weighted by Gasteiger charge is 2.17. The van der Waals surface area contributed by atoms with Crippen LogP contribution in [0.5, 0.6) is 0 Å². The van der Waals surface area contributed by atoms with Gasteiger partial charge in [-0.1, -0.05) is 6.07 Å². The summed E-state index contributed by atoms with van der Waals surface area (Å²) in [5, 5.41) is 11.2. The predicted octanol–water partition coefficient (Wildman–Crippen LogP) is 0.0686. The van der Waals surface area contributed by atoms with Gasteiger partial charge in [0.2, 0.25) is 0 Å². The molecule has 0 radical (unpaired) electrons. The summed E-state index contributed by atoms with van der Waals surface area (Å²) in [7, 11) is 1.68. The van der Waals surface area contributed by atoms with Crippen LogP contribution in [0, 0.1) is 0 Å². The van der Waals surface area contributed by atoms with Gasteiger partial charge in [-0.3, -0.25) is 4.79 Å². The van der Waals surface area contributed by atoms with Crippen LogP contribution < -0.4 is 5.73 Å². The lowest BCUT2D eigenvalue weighted by molar-refractivity contribution is -0.138. The molecule has 0 saturated carbocycles. The molecule has 4 nitrogen and oxygen atoms in total. The Morgan fingerprint density at radius 1 is 1.73 bits per heavy atom. The predicted molar refractivity (Wildman–Crippen MR) is 60.7 cm³/mol. The molecule has 0 spiro atoms. The van der Waals surface area contributed by atoms with Gasteiger partial charge in [0, 0.05) is 25.0 Å². The van der Waals surface area contributed by atoms with Gasteiger partial charge in [0.05, 0.1) is 0 Å². The van der Waals surface area contributed by atoms with Crippen molar-refractivity contribution in [2.24, 2.45) is 5.73 Å². The second-order valence-electron chi connectivity index (χ2n) is 3.34. The highest BCUT2D eigenvalue weighted by molar-refractivity contribution is 7.09.